The van der Waals surface area contributed by atoms with Gasteiger partial charge in [-0.15, -0.1) is 0 Å². The lowest BCUT2D eigenvalue weighted by atomic mass is 10.0. The van der Waals surface area contributed by atoms with Crippen LogP contribution in [0.3, 0.4) is 0 Å². The van der Waals surface area contributed by atoms with Gasteiger partial charge < -0.3 is 24.4 Å². The number of furan rings is 1. The zero-order valence-electron chi connectivity index (χ0n) is 18.6. The Balaban J connectivity index is 1.74. The monoisotopic (exact) mass is 449 g/mol. The number of carbonyl (C=O) groups is 1. The predicted molar refractivity (Wildman–Crippen MR) is 124 cm³/mol. The van der Waals surface area contributed by atoms with Crippen molar-refractivity contribution < 1.29 is 27.8 Å². The summed E-state index contributed by atoms with van der Waals surface area (Å²) >= 11 is 0. The smallest absolute Gasteiger partial charge is 0.342 e. The van der Waals surface area contributed by atoms with Crippen LogP contribution in [-0.4, -0.2) is 18.7 Å². The van der Waals surface area contributed by atoms with Crippen LogP contribution >= 0.6 is 0 Å². The van der Waals surface area contributed by atoms with E-state index >= 15 is 0 Å². The standard InChI is InChI=1S/C26H24FNO5/c1-4-30-26(29)24-20-13-23(31-15(2)3)21(28)14-22(20)33-25(24)16-5-9-18(10-6-16)32-19-11-7-17(27)8-12-19/h5-15H,4,28H2,1-3H3. The first-order valence-electron chi connectivity index (χ1n) is 10.6. The van der Waals surface area contributed by atoms with Crippen molar-refractivity contribution in [3.8, 4) is 28.6 Å². The highest BCUT2D eigenvalue weighted by atomic mass is 19.1. The van der Waals surface area contributed by atoms with E-state index in [1.165, 1.54) is 12.1 Å². The molecule has 0 unspecified atom stereocenters. The summed E-state index contributed by atoms with van der Waals surface area (Å²) in [6.45, 7) is 5.75. The fraction of sp³-hybridized carbons (Fsp3) is 0.192. The molecule has 0 aliphatic carbocycles. The second kappa shape index (κ2) is 9.24. The molecule has 0 aliphatic heterocycles. The van der Waals surface area contributed by atoms with E-state index in [0.29, 0.717) is 50.8 Å². The van der Waals surface area contributed by atoms with Gasteiger partial charge in [0.05, 0.1) is 18.4 Å². The maximum atomic E-state index is 13.1. The van der Waals surface area contributed by atoms with E-state index in [4.69, 9.17) is 24.4 Å². The van der Waals surface area contributed by atoms with Crippen LogP contribution in [0.15, 0.2) is 65.1 Å². The SMILES string of the molecule is CCOC(=O)c1c(-c2ccc(Oc3ccc(F)cc3)cc2)oc2cc(N)c(OC(C)C)cc12. The van der Waals surface area contributed by atoms with Crippen LogP contribution in [0.5, 0.6) is 17.2 Å². The number of fused-ring (bicyclic) bond motifs is 1. The van der Waals surface area contributed by atoms with Crippen molar-refractivity contribution in [2.24, 2.45) is 0 Å². The molecule has 6 nitrogen and oxygen atoms in total. The van der Waals surface area contributed by atoms with E-state index in [1.54, 1.807) is 55.5 Å². The quantitative estimate of drug-likeness (QED) is 0.253. The highest BCUT2D eigenvalue weighted by Crippen LogP contribution is 2.39. The molecule has 0 bridgehead atoms. The van der Waals surface area contributed by atoms with Crippen LogP contribution in [0, 0.1) is 5.82 Å². The van der Waals surface area contributed by atoms with Gasteiger partial charge in [-0.05, 0) is 75.4 Å². The fourth-order valence-corrected chi connectivity index (χ4v) is 3.42. The maximum absolute atomic E-state index is 13.1. The molecule has 33 heavy (non-hydrogen) atoms. The van der Waals surface area contributed by atoms with Crippen LogP contribution in [0.1, 0.15) is 31.1 Å². The number of hydrogen-bond acceptors (Lipinski definition) is 6. The molecular weight excluding hydrogens is 425 g/mol. The molecule has 0 radical (unpaired) electrons. The summed E-state index contributed by atoms with van der Waals surface area (Å²) in [6.07, 6.45) is -0.0872. The summed E-state index contributed by atoms with van der Waals surface area (Å²) in [6, 6.07) is 16.1. The molecule has 0 aliphatic rings. The Morgan fingerprint density at radius 1 is 1.03 bits per heavy atom. The molecular formula is C26H24FNO5. The Hall–Kier alpha value is -4.00. The number of halogens is 1. The summed E-state index contributed by atoms with van der Waals surface area (Å²) in [4.78, 5) is 12.9. The highest BCUT2D eigenvalue weighted by molar-refractivity contribution is 6.09. The number of nitrogens with two attached hydrogens (primary N) is 1. The largest absolute Gasteiger partial charge is 0.489 e. The van der Waals surface area contributed by atoms with E-state index in [1.807, 2.05) is 13.8 Å². The van der Waals surface area contributed by atoms with Gasteiger partial charge in [0.2, 0.25) is 0 Å². The number of anilines is 1. The van der Waals surface area contributed by atoms with Crippen molar-refractivity contribution in [1.29, 1.82) is 0 Å². The first-order valence-corrected chi connectivity index (χ1v) is 10.6. The maximum Gasteiger partial charge on any atom is 0.342 e. The van der Waals surface area contributed by atoms with Crippen molar-refractivity contribution in [3.05, 3.63) is 72.0 Å². The number of nitrogen functional groups attached to an aromatic ring is 1. The molecule has 0 atom stereocenters. The molecule has 1 aromatic heterocycles. The van der Waals surface area contributed by atoms with E-state index in [0.717, 1.165) is 0 Å². The van der Waals surface area contributed by atoms with E-state index in [2.05, 4.69) is 0 Å². The minimum Gasteiger partial charge on any atom is -0.489 e. The second-order valence-electron chi connectivity index (χ2n) is 7.66. The van der Waals surface area contributed by atoms with E-state index in [9.17, 15) is 9.18 Å². The number of esters is 1. The summed E-state index contributed by atoms with van der Waals surface area (Å²) in [5.41, 5.74) is 7.95. The fourth-order valence-electron chi connectivity index (χ4n) is 3.42. The van der Waals surface area contributed by atoms with Crippen molar-refractivity contribution in [2.45, 2.75) is 26.9 Å². The van der Waals surface area contributed by atoms with Gasteiger partial charge in [-0.3, -0.25) is 0 Å². The Bertz CT molecular complexity index is 1280. The molecule has 7 heteroatoms. The molecule has 4 rings (SSSR count). The van der Waals surface area contributed by atoms with Gasteiger partial charge in [0.15, 0.2) is 0 Å². The third-order valence-electron chi connectivity index (χ3n) is 4.83. The van der Waals surface area contributed by atoms with Gasteiger partial charge in [-0.25, -0.2) is 9.18 Å². The number of ether oxygens (including phenoxy) is 3. The Morgan fingerprint density at radius 3 is 2.27 bits per heavy atom. The Morgan fingerprint density at radius 2 is 1.67 bits per heavy atom. The molecule has 0 amide bonds. The van der Waals surface area contributed by atoms with Gasteiger partial charge in [0.1, 0.15) is 40.0 Å². The van der Waals surface area contributed by atoms with E-state index < -0.39 is 5.97 Å². The average molecular weight is 449 g/mol. The summed E-state index contributed by atoms with van der Waals surface area (Å²) < 4.78 is 36.0. The summed E-state index contributed by atoms with van der Waals surface area (Å²) in [7, 11) is 0. The zero-order chi connectivity index (χ0) is 23.5. The highest BCUT2D eigenvalue weighted by Gasteiger charge is 2.25. The molecule has 3 aromatic carbocycles. The van der Waals surface area contributed by atoms with Crippen molar-refractivity contribution in [1.82, 2.24) is 0 Å². The van der Waals surface area contributed by atoms with Gasteiger partial charge in [-0.2, -0.15) is 0 Å². The van der Waals surface area contributed by atoms with Crippen LogP contribution in [0.25, 0.3) is 22.3 Å². The number of hydrogen-bond donors (Lipinski definition) is 1. The van der Waals surface area contributed by atoms with Gasteiger partial charge >= 0.3 is 5.97 Å². The van der Waals surface area contributed by atoms with Crippen LogP contribution in [0.2, 0.25) is 0 Å². The van der Waals surface area contributed by atoms with Crippen molar-refractivity contribution in [2.75, 3.05) is 12.3 Å². The van der Waals surface area contributed by atoms with E-state index in [-0.39, 0.29) is 18.5 Å². The lowest BCUT2D eigenvalue weighted by molar-refractivity contribution is 0.0528. The topological polar surface area (TPSA) is 83.9 Å². The van der Waals surface area contributed by atoms with Gasteiger partial charge in [0, 0.05) is 17.0 Å². The first kappa shape index (κ1) is 22.2. The van der Waals surface area contributed by atoms with Crippen molar-refractivity contribution >= 4 is 22.6 Å². The van der Waals surface area contributed by atoms with Gasteiger partial charge in [0.25, 0.3) is 0 Å². The average Bonchev–Trinajstić information content (AvgIpc) is 3.14. The molecule has 0 saturated carbocycles. The van der Waals surface area contributed by atoms with Gasteiger partial charge in [-0.1, -0.05) is 0 Å². The summed E-state index contributed by atoms with van der Waals surface area (Å²) in [5.74, 6) is 1.05. The van der Waals surface area contributed by atoms with Crippen LogP contribution in [-0.2, 0) is 4.74 Å². The first-order chi connectivity index (χ1) is 15.9. The number of rotatable bonds is 7. The second-order valence-corrected chi connectivity index (χ2v) is 7.66. The Labute approximate surface area is 190 Å². The lowest BCUT2D eigenvalue weighted by Crippen LogP contribution is -2.08. The predicted octanol–water partition coefficient (Wildman–Crippen LogP) is 6.58. The number of benzene rings is 3. The number of carbonyl (C=O) groups excluding carboxylic acids is 1. The Kier molecular flexibility index (Phi) is 6.22. The minimum atomic E-state index is -0.502. The summed E-state index contributed by atoms with van der Waals surface area (Å²) in [5, 5.41) is 0.555. The molecule has 2 N–H and O–H groups in total. The van der Waals surface area contributed by atoms with Crippen LogP contribution < -0.4 is 15.2 Å². The normalized spacial score (nSPS) is 11.1. The van der Waals surface area contributed by atoms with Crippen LogP contribution in [0.4, 0.5) is 10.1 Å². The third kappa shape index (κ3) is 4.77. The minimum absolute atomic E-state index is 0.0872. The lowest BCUT2D eigenvalue weighted by Gasteiger charge is -2.12. The molecule has 0 spiro atoms. The molecule has 170 valence electrons. The molecule has 0 fully saturated rings. The molecule has 1 heterocycles. The molecule has 4 aromatic rings. The molecule has 0 saturated heterocycles. The third-order valence-corrected chi connectivity index (χ3v) is 4.83. The zero-order valence-corrected chi connectivity index (χ0v) is 18.6. The van der Waals surface area contributed by atoms with Crippen molar-refractivity contribution in [3.63, 3.8) is 0 Å².